The molecular formula is C9H13N3O. The first-order valence-corrected chi connectivity index (χ1v) is 4.73. The predicted molar refractivity (Wildman–Crippen MR) is 48.4 cm³/mol. The van der Waals surface area contributed by atoms with Crippen molar-refractivity contribution in [3.8, 4) is 5.88 Å². The molecule has 1 aromatic rings. The number of hydrogen-bond acceptors (Lipinski definition) is 3. The Balaban J connectivity index is 1.95. The molecule has 0 amide bonds. The van der Waals surface area contributed by atoms with Gasteiger partial charge in [-0.1, -0.05) is 6.42 Å². The topological polar surface area (TPSA) is 53.1 Å². The zero-order chi connectivity index (χ0) is 8.89. The number of aromatic nitrogens is 2. The van der Waals surface area contributed by atoms with Crippen LogP contribution in [0.15, 0.2) is 6.20 Å². The van der Waals surface area contributed by atoms with E-state index >= 15 is 0 Å². The SMILES string of the molecule is Nc1cnn2c1OCC1(CCC1)C2. The minimum Gasteiger partial charge on any atom is -0.476 e. The number of nitrogens with zero attached hydrogens (tertiary/aromatic N) is 2. The molecule has 4 heteroatoms. The highest BCUT2D eigenvalue weighted by molar-refractivity contribution is 5.47. The molecule has 0 atom stereocenters. The number of ether oxygens (including phenoxy) is 1. The summed E-state index contributed by atoms with van der Waals surface area (Å²) in [4.78, 5) is 0. The predicted octanol–water partition coefficient (Wildman–Crippen LogP) is 1.03. The molecule has 1 aliphatic heterocycles. The van der Waals surface area contributed by atoms with Gasteiger partial charge in [0.15, 0.2) is 0 Å². The van der Waals surface area contributed by atoms with Gasteiger partial charge in [-0.15, -0.1) is 0 Å². The standard InChI is InChI=1S/C9H13N3O/c10-7-4-11-12-5-9(2-1-3-9)6-13-8(7)12/h4H,1-3,5-6,10H2. The van der Waals surface area contributed by atoms with Crippen molar-refractivity contribution in [1.82, 2.24) is 9.78 Å². The Morgan fingerprint density at radius 3 is 3.08 bits per heavy atom. The summed E-state index contributed by atoms with van der Waals surface area (Å²) in [5.74, 6) is 0.762. The van der Waals surface area contributed by atoms with Crippen LogP contribution in [0.3, 0.4) is 0 Å². The van der Waals surface area contributed by atoms with Gasteiger partial charge in [0.05, 0.1) is 19.3 Å². The van der Waals surface area contributed by atoms with E-state index in [0.717, 1.165) is 19.0 Å². The van der Waals surface area contributed by atoms with Crippen LogP contribution >= 0.6 is 0 Å². The smallest absolute Gasteiger partial charge is 0.235 e. The van der Waals surface area contributed by atoms with Crippen LogP contribution in [-0.2, 0) is 6.54 Å². The fraction of sp³-hybridized carbons (Fsp3) is 0.667. The normalized spacial score (nSPS) is 23.4. The van der Waals surface area contributed by atoms with Crippen molar-refractivity contribution < 1.29 is 4.74 Å². The Kier molecular flexibility index (Phi) is 1.22. The summed E-state index contributed by atoms with van der Waals surface area (Å²) in [5, 5.41) is 4.20. The summed E-state index contributed by atoms with van der Waals surface area (Å²) < 4.78 is 7.53. The first-order valence-electron chi connectivity index (χ1n) is 4.73. The molecule has 1 aliphatic carbocycles. The van der Waals surface area contributed by atoms with Crippen molar-refractivity contribution in [3.05, 3.63) is 6.20 Å². The van der Waals surface area contributed by atoms with Gasteiger partial charge in [0, 0.05) is 5.41 Å². The molecule has 0 radical (unpaired) electrons. The quantitative estimate of drug-likeness (QED) is 0.647. The monoisotopic (exact) mass is 179 g/mol. The van der Waals surface area contributed by atoms with Crippen molar-refractivity contribution in [2.24, 2.45) is 5.41 Å². The minimum absolute atomic E-state index is 0.380. The van der Waals surface area contributed by atoms with E-state index in [1.165, 1.54) is 19.3 Å². The lowest BCUT2D eigenvalue weighted by Crippen LogP contribution is -2.43. The lowest BCUT2D eigenvalue weighted by Gasteiger charge is -2.44. The van der Waals surface area contributed by atoms with Gasteiger partial charge < -0.3 is 10.5 Å². The first kappa shape index (κ1) is 7.24. The van der Waals surface area contributed by atoms with Gasteiger partial charge in [-0.05, 0) is 12.8 Å². The number of rotatable bonds is 0. The second-order valence-electron chi connectivity index (χ2n) is 4.20. The Morgan fingerprint density at radius 2 is 2.38 bits per heavy atom. The van der Waals surface area contributed by atoms with E-state index in [0.29, 0.717) is 11.1 Å². The lowest BCUT2D eigenvalue weighted by molar-refractivity contribution is 0.00238. The maximum Gasteiger partial charge on any atom is 0.235 e. The molecule has 0 bridgehead atoms. The molecule has 1 fully saturated rings. The van der Waals surface area contributed by atoms with Crippen LogP contribution in [0.1, 0.15) is 19.3 Å². The molecule has 1 spiro atoms. The van der Waals surface area contributed by atoms with Crippen LogP contribution in [0.5, 0.6) is 5.88 Å². The number of fused-ring (bicyclic) bond motifs is 1. The van der Waals surface area contributed by atoms with Gasteiger partial charge >= 0.3 is 0 Å². The van der Waals surface area contributed by atoms with Crippen LogP contribution in [0.2, 0.25) is 0 Å². The maximum atomic E-state index is 5.70. The molecule has 0 aromatic carbocycles. The van der Waals surface area contributed by atoms with Gasteiger partial charge in [0.2, 0.25) is 5.88 Å². The van der Waals surface area contributed by atoms with Crippen molar-refractivity contribution in [2.45, 2.75) is 25.8 Å². The van der Waals surface area contributed by atoms with E-state index in [2.05, 4.69) is 5.10 Å². The number of anilines is 1. The highest BCUT2D eigenvalue weighted by atomic mass is 16.5. The molecule has 70 valence electrons. The van der Waals surface area contributed by atoms with Crippen molar-refractivity contribution in [2.75, 3.05) is 12.3 Å². The molecule has 3 rings (SSSR count). The summed E-state index contributed by atoms with van der Waals surface area (Å²) in [6, 6.07) is 0. The third-order valence-electron chi connectivity index (χ3n) is 3.23. The first-order chi connectivity index (χ1) is 6.29. The summed E-state index contributed by atoms with van der Waals surface area (Å²) >= 11 is 0. The van der Waals surface area contributed by atoms with E-state index in [-0.39, 0.29) is 0 Å². The molecule has 1 saturated carbocycles. The third-order valence-corrected chi connectivity index (χ3v) is 3.23. The molecule has 2 heterocycles. The lowest BCUT2D eigenvalue weighted by atomic mass is 9.69. The average Bonchev–Trinajstić information content (AvgIpc) is 2.45. The van der Waals surface area contributed by atoms with E-state index < -0.39 is 0 Å². The van der Waals surface area contributed by atoms with Crippen molar-refractivity contribution >= 4 is 5.69 Å². The average molecular weight is 179 g/mol. The number of nitrogen functional groups attached to an aromatic ring is 1. The van der Waals surface area contributed by atoms with Gasteiger partial charge in [-0.3, -0.25) is 0 Å². The van der Waals surface area contributed by atoms with E-state index in [9.17, 15) is 0 Å². The minimum atomic E-state index is 0.380. The molecule has 4 nitrogen and oxygen atoms in total. The zero-order valence-electron chi connectivity index (χ0n) is 7.49. The Morgan fingerprint density at radius 1 is 1.54 bits per heavy atom. The summed E-state index contributed by atoms with van der Waals surface area (Å²) in [6.45, 7) is 1.81. The van der Waals surface area contributed by atoms with Gasteiger partial charge in [-0.2, -0.15) is 5.10 Å². The molecule has 13 heavy (non-hydrogen) atoms. The summed E-state index contributed by atoms with van der Waals surface area (Å²) in [7, 11) is 0. The van der Waals surface area contributed by atoms with Crippen LogP contribution < -0.4 is 10.5 Å². The van der Waals surface area contributed by atoms with E-state index in [4.69, 9.17) is 10.5 Å². The highest BCUT2D eigenvalue weighted by Gasteiger charge is 2.42. The summed E-state index contributed by atoms with van der Waals surface area (Å²) in [6.07, 6.45) is 5.54. The van der Waals surface area contributed by atoms with E-state index in [1.807, 2.05) is 4.68 Å². The van der Waals surface area contributed by atoms with Crippen molar-refractivity contribution in [1.29, 1.82) is 0 Å². The fourth-order valence-corrected chi connectivity index (χ4v) is 2.22. The second-order valence-corrected chi connectivity index (χ2v) is 4.20. The molecule has 1 aromatic heterocycles. The molecule has 0 unspecified atom stereocenters. The third kappa shape index (κ3) is 0.884. The Labute approximate surface area is 76.7 Å². The van der Waals surface area contributed by atoms with Crippen LogP contribution in [0.25, 0.3) is 0 Å². The fourth-order valence-electron chi connectivity index (χ4n) is 2.22. The molecular weight excluding hydrogens is 166 g/mol. The molecule has 2 N–H and O–H groups in total. The van der Waals surface area contributed by atoms with Gasteiger partial charge in [0.1, 0.15) is 5.69 Å². The van der Waals surface area contributed by atoms with Crippen molar-refractivity contribution in [3.63, 3.8) is 0 Å². The number of hydrogen-bond donors (Lipinski definition) is 1. The van der Waals surface area contributed by atoms with E-state index in [1.54, 1.807) is 6.20 Å². The highest BCUT2D eigenvalue weighted by Crippen LogP contribution is 2.46. The second kappa shape index (κ2) is 2.19. The maximum absolute atomic E-state index is 5.70. The molecule has 2 aliphatic rings. The largest absolute Gasteiger partial charge is 0.476 e. The Bertz CT molecular complexity index is 341. The number of nitrogens with two attached hydrogens (primary N) is 1. The summed E-state index contributed by atoms with van der Waals surface area (Å²) in [5.41, 5.74) is 6.74. The van der Waals surface area contributed by atoms with Gasteiger partial charge in [-0.25, -0.2) is 4.68 Å². The molecule has 0 saturated heterocycles. The van der Waals surface area contributed by atoms with Crippen LogP contribution in [0, 0.1) is 5.41 Å². The van der Waals surface area contributed by atoms with Crippen LogP contribution in [-0.4, -0.2) is 16.4 Å². The van der Waals surface area contributed by atoms with Crippen LogP contribution in [0.4, 0.5) is 5.69 Å². The zero-order valence-corrected chi connectivity index (χ0v) is 7.49. The Hall–Kier alpha value is -1.19. The van der Waals surface area contributed by atoms with Gasteiger partial charge in [0.25, 0.3) is 0 Å².